The summed E-state index contributed by atoms with van der Waals surface area (Å²) in [4.78, 5) is 12.0. The Bertz CT molecular complexity index is 812. The second kappa shape index (κ2) is 10.3. The van der Waals surface area contributed by atoms with Crippen LogP contribution in [0.3, 0.4) is 0 Å². The molecule has 0 saturated carbocycles. The zero-order valence-corrected chi connectivity index (χ0v) is 15.4. The molecule has 4 heteroatoms. The lowest BCUT2D eigenvalue weighted by Gasteiger charge is -2.06. The molecule has 1 aromatic heterocycles. The maximum atomic E-state index is 12.0. The zero-order valence-electron chi connectivity index (χ0n) is 15.4. The molecule has 1 heterocycles. The van der Waals surface area contributed by atoms with Crippen molar-refractivity contribution in [1.82, 2.24) is 5.32 Å². The SMILES string of the molecule is O=C(CCc1ccc(-c2ccccc2)o1)NCCCOCc1ccccc1. The van der Waals surface area contributed by atoms with E-state index in [-0.39, 0.29) is 5.91 Å². The van der Waals surface area contributed by atoms with Crippen LogP contribution in [0.1, 0.15) is 24.2 Å². The number of hydrogen-bond donors (Lipinski definition) is 1. The van der Waals surface area contributed by atoms with Gasteiger partial charge in [0.05, 0.1) is 6.61 Å². The van der Waals surface area contributed by atoms with Gasteiger partial charge >= 0.3 is 0 Å². The Morgan fingerprint density at radius 1 is 0.926 bits per heavy atom. The first-order valence-corrected chi connectivity index (χ1v) is 9.34. The lowest BCUT2D eigenvalue weighted by Crippen LogP contribution is -2.25. The molecule has 3 aromatic rings. The number of hydrogen-bond acceptors (Lipinski definition) is 3. The number of ether oxygens (including phenoxy) is 1. The smallest absolute Gasteiger partial charge is 0.220 e. The Labute approximate surface area is 160 Å². The molecular weight excluding hydrogens is 338 g/mol. The van der Waals surface area contributed by atoms with E-state index < -0.39 is 0 Å². The topological polar surface area (TPSA) is 51.5 Å². The molecule has 0 aliphatic heterocycles. The van der Waals surface area contributed by atoms with Crippen molar-refractivity contribution in [3.8, 4) is 11.3 Å². The third kappa shape index (κ3) is 6.42. The summed E-state index contributed by atoms with van der Waals surface area (Å²) in [6.07, 6.45) is 1.83. The minimum absolute atomic E-state index is 0.0377. The number of amides is 1. The molecule has 2 aromatic carbocycles. The summed E-state index contributed by atoms with van der Waals surface area (Å²) in [6, 6.07) is 23.9. The van der Waals surface area contributed by atoms with Gasteiger partial charge in [-0.3, -0.25) is 4.79 Å². The maximum absolute atomic E-state index is 12.0. The molecule has 0 fully saturated rings. The van der Waals surface area contributed by atoms with E-state index in [9.17, 15) is 4.79 Å². The summed E-state index contributed by atoms with van der Waals surface area (Å²) in [5.74, 6) is 1.70. The molecular formula is C23H25NO3. The van der Waals surface area contributed by atoms with Crippen molar-refractivity contribution in [2.45, 2.75) is 25.9 Å². The molecule has 27 heavy (non-hydrogen) atoms. The Morgan fingerprint density at radius 3 is 2.44 bits per heavy atom. The minimum Gasteiger partial charge on any atom is -0.461 e. The molecule has 0 saturated heterocycles. The molecule has 0 aliphatic carbocycles. The Balaban J connectivity index is 1.28. The van der Waals surface area contributed by atoms with E-state index >= 15 is 0 Å². The molecule has 0 radical (unpaired) electrons. The van der Waals surface area contributed by atoms with Gasteiger partial charge in [0.2, 0.25) is 5.91 Å². The van der Waals surface area contributed by atoms with Crippen LogP contribution >= 0.6 is 0 Å². The second-order valence-corrected chi connectivity index (χ2v) is 6.37. The highest BCUT2D eigenvalue weighted by Crippen LogP contribution is 2.22. The van der Waals surface area contributed by atoms with Crippen LogP contribution in [0.25, 0.3) is 11.3 Å². The molecule has 0 atom stereocenters. The van der Waals surface area contributed by atoms with Crippen LogP contribution in [-0.2, 0) is 22.6 Å². The first kappa shape index (κ1) is 18.9. The Kier molecular flexibility index (Phi) is 7.25. The van der Waals surface area contributed by atoms with Crippen LogP contribution in [0.5, 0.6) is 0 Å². The molecule has 0 unspecified atom stereocenters. The largest absolute Gasteiger partial charge is 0.461 e. The average Bonchev–Trinajstić information content (AvgIpc) is 3.20. The fraction of sp³-hybridized carbons (Fsp3) is 0.261. The second-order valence-electron chi connectivity index (χ2n) is 6.37. The van der Waals surface area contributed by atoms with Gasteiger partial charge in [0, 0.05) is 31.6 Å². The van der Waals surface area contributed by atoms with Gasteiger partial charge in [-0.25, -0.2) is 0 Å². The highest BCUT2D eigenvalue weighted by atomic mass is 16.5. The van der Waals surface area contributed by atoms with Gasteiger partial charge in [-0.15, -0.1) is 0 Å². The van der Waals surface area contributed by atoms with Crippen LogP contribution < -0.4 is 5.32 Å². The van der Waals surface area contributed by atoms with Crippen molar-refractivity contribution in [3.05, 3.63) is 84.1 Å². The third-order valence-corrected chi connectivity index (χ3v) is 4.22. The first-order chi connectivity index (χ1) is 13.3. The van der Waals surface area contributed by atoms with E-state index in [1.54, 1.807) is 0 Å². The lowest BCUT2D eigenvalue weighted by molar-refractivity contribution is -0.121. The Hall–Kier alpha value is -2.85. The van der Waals surface area contributed by atoms with Crippen LogP contribution in [0, 0.1) is 0 Å². The average molecular weight is 363 g/mol. The molecule has 140 valence electrons. The van der Waals surface area contributed by atoms with Crippen molar-refractivity contribution in [2.75, 3.05) is 13.2 Å². The van der Waals surface area contributed by atoms with Crippen molar-refractivity contribution in [1.29, 1.82) is 0 Å². The predicted octanol–water partition coefficient (Wildman–Crippen LogP) is 4.60. The predicted molar refractivity (Wildman–Crippen MR) is 106 cm³/mol. The molecule has 1 amide bonds. The summed E-state index contributed by atoms with van der Waals surface area (Å²) in [6.45, 7) is 1.87. The molecule has 0 aliphatic rings. The fourth-order valence-corrected chi connectivity index (χ4v) is 2.76. The number of carbonyl (C=O) groups excluding carboxylic acids is 1. The maximum Gasteiger partial charge on any atom is 0.220 e. The van der Waals surface area contributed by atoms with Crippen molar-refractivity contribution in [3.63, 3.8) is 0 Å². The summed E-state index contributed by atoms with van der Waals surface area (Å²) in [5.41, 5.74) is 2.21. The van der Waals surface area contributed by atoms with Gasteiger partial charge in [0.25, 0.3) is 0 Å². The zero-order chi connectivity index (χ0) is 18.7. The van der Waals surface area contributed by atoms with Crippen molar-refractivity contribution >= 4 is 5.91 Å². The van der Waals surface area contributed by atoms with Crippen molar-refractivity contribution < 1.29 is 13.9 Å². The first-order valence-electron chi connectivity index (χ1n) is 9.34. The minimum atomic E-state index is 0.0377. The summed E-state index contributed by atoms with van der Waals surface area (Å²) in [7, 11) is 0. The summed E-state index contributed by atoms with van der Waals surface area (Å²) >= 11 is 0. The molecule has 4 nitrogen and oxygen atoms in total. The van der Waals surface area contributed by atoms with Gasteiger partial charge in [0.15, 0.2) is 0 Å². The van der Waals surface area contributed by atoms with Gasteiger partial charge in [-0.05, 0) is 24.1 Å². The normalized spacial score (nSPS) is 10.7. The monoisotopic (exact) mass is 363 g/mol. The van der Waals surface area contributed by atoms with Crippen LogP contribution in [0.4, 0.5) is 0 Å². The molecule has 1 N–H and O–H groups in total. The third-order valence-electron chi connectivity index (χ3n) is 4.22. The summed E-state index contributed by atoms with van der Waals surface area (Å²) < 4.78 is 11.4. The van der Waals surface area contributed by atoms with Gasteiger partial charge < -0.3 is 14.5 Å². The number of aryl methyl sites for hydroxylation is 1. The van der Waals surface area contributed by atoms with E-state index in [2.05, 4.69) is 5.32 Å². The number of nitrogens with one attached hydrogen (secondary N) is 1. The number of carbonyl (C=O) groups is 1. The van der Waals surface area contributed by atoms with E-state index in [1.807, 2.05) is 72.8 Å². The van der Waals surface area contributed by atoms with E-state index in [4.69, 9.17) is 9.15 Å². The number of benzene rings is 2. The van der Waals surface area contributed by atoms with E-state index in [0.717, 1.165) is 29.1 Å². The highest BCUT2D eigenvalue weighted by Gasteiger charge is 2.07. The lowest BCUT2D eigenvalue weighted by atomic mass is 10.2. The molecule has 0 bridgehead atoms. The fourth-order valence-electron chi connectivity index (χ4n) is 2.76. The number of furan rings is 1. The van der Waals surface area contributed by atoms with Crippen LogP contribution in [0.15, 0.2) is 77.2 Å². The van der Waals surface area contributed by atoms with Crippen LogP contribution in [0.2, 0.25) is 0 Å². The number of rotatable bonds is 10. The standard InChI is InChI=1S/C23H25NO3/c25-23(24-16-7-17-26-18-19-8-3-1-4-9-19)15-13-21-12-14-22(27-21)20-10-5-2-6-11-20/h1-6,8-12,14H,7,13,15-18H2,(H,24,25). The molecule has 0 spiro atoms. The van der Waals surface area contributed by atoms with Crippen LogP contribution in [-0.4, -0.2) is 19.1 Å². The highest BCUT2D eigenvalue weighted by molar-refractivity contribution is 5.76. The van der Waals surface area contributed by atoms with E-state index in [0.29, 0.717) is 32.6 Å². The van der Waals surface area contributed by atoms with Crippen molar-refractivity contribution in [2.24, 2.45) is 0 Å². The summed E-state index contributed by atoms with van der Waals surface area (Å²) in [5, 5.41) is 2.93. The van der Waals surface area contributed by atoms with Gasteiger partial charge in [-0.1, -0.05) is 60.7 Å². The Morgan fingerprint density at radius 2 is 1.67 bits per heavy atom. The molecule has 3 rings (SSSR count). The van der Waals surface area contributed by atoms with E-state index in [1.165, 1.54) is 0 Å². The van der Waals surface area contributed by atoms with Gasteiger partial charge in [-0.2, -0.15) is 0 Å². The quantitative estimate of drug-likeness (QED) is 0.536. The van der Waals surface area contributed by atoms with Gasteiger partial charge in [0.1, 0.15) is 11.5 Å².